The van der Waals surface area contributed by atoms with Gasteiger partial charge in [-0.1, -0.05) is 110 Å². The van der Waals surface area contributed by atoms with Crippen LogP contribution < -0.4 is 9.13 Å². The predicted molar refractivity (Wildman–Crippen MR) is 146 cm³/mol. The summed E-state index contributed by atoms with van der Waals surface area (Å²) in [6.07, 6.45) is 15.9. The van der Waals surface area contributed by atoms with Crippen LogP contribution in [-0.4, -0.2) is 0 Å². The average Bonchev–Trinajstić information content (AvgIpc) is 3.56. The monoisotopic (exact) mass is 490 g/mol. The molecule has 0 aliphatic heterocycles. The Morgan fingerprint density at radius 2 is 1.12 bits per heavy atom. The van der Waals surface area contributed by atoms with Crippen molar-refractivity contribution in [3.63, 3.8) is 0 Å². The number of hydrogen-bond acceptors (Lipinski definition) is 2. The van der Waals surface area contributed by atoms with Crippen molar-refractivity contribution in [1.29, 1.82) is 0 Å². The molecule has 0 unspecified atom stereocenters. The summed E-state index contributed by atoms with van der Waals surface area (Å²) >= 11 is 3.65. The Labute approximate surface area is 213 Å². The third-order valence-electron chi connectivity index (χ3n) is 6.47. The van der Waals surface area contributed by atoms with Gasteiger partial charge in [0.2, 0.25) is 16.7 Å². The van der Waals surface area contributed by atoms with Gasteiger partial charge in [-0.2, -0.15) is 9.13 Å². The van der Waals surface area contributed by atoms with E-state index < -0.39 is 0 Å². The van der Waals surface area contributed by atoms with Crippen LogP contribution in [0, 0.1) is 0 Å². The Morgan fingerprint density at radius 3 is 1.76 bits per heavy atom. The minimum absolute atomic E-state index is 1.14. The largest absolute Gasteiger partial charge is 0.225 e. The zero-order valence-corrected chi connectivity index (χ0v) is 21.9. The first-order chi connectivity index (χ1) is 16.9. The number of hydrogen-bond donors (Lipinski definition) is 0. The van der Waals surface area contributed by atoms with E-state index >= 15 is 0 Å². The van der Waals surface area contributed by atoms with E-state index in [4.69, 9.17) is 0 Å². The minimum atomic E-state index is 1.14. The Kier molecular flexibility index (Phi) is 10.3. The van der Waals surface area contributed by atoms with Crippen molar-refractivity contribution >= 4 is 22.7 Å². The lowest BCUT2D eigenvalue weighted by molar-refractivity contribution is -0.692. The van der Waals surface area contributed by atoms with Crippen LogP contribution >= 0.6 is 22.7 Å². The number of rotatable bonds is 15. The molecule has 0 saturated carbocycles. The highest BCUT2D eigenvalue weighted by Crippen LogP contribution is 2.22. The van der Waals surface area contributed by atoms with Gasteiger partial charge in [-0.3, -0.25) is 0 Å². The van der Waals surface area contributed by atoms with Gasteiger partial charge >= 0.3 is 0 Å². The van der Waals surface area contributed by atoms with Crippen molar-refractivity contribution in [1.82, 2.24) is 0 Å². The SMILES string of the molecule is c1ccc(-c2c[n+](CCCCCCCCCCCC[n+]3cscc3-c3ccccc3)cs2)cc1. The van der Waals surface area contributed by atoms with Crippen molar-refractivity contribution < 1.29 is 9.13 Å². The molecule has 0 aliphatic carbocycles. The third-order valence-corrected chi connectivity index (χ3v) is 8.18. The molecule has 4 heteroatoms. The molecule has 0 bridgehead atoms. The van der Waals surface area contributed by atoms with E-state index in [1.54, 1.807) is 11.3 Å². The maximum atomic E-state index is 2.43. The molecule has 2 aromatic carbocycles. The van der Waals surface area contributed by atoms with Crippen LogP contribution in [0.5, 0.6) is 0 Å². The molecule has 2 heterocycles. The molecule has 4 rings (SSSR count). The van der Waals surface area contributed by atoms with E-state index in [1.165, 1.54) is 85.9 Å². The van der Waals surface area contributed by atoms with Gasteiger partial charge in [0.25, 0.3) is 0 Å². The van der Waals surface area contributed by atoms with Gasteiger partial charge in [0.15, 0.2) is 6.20 Å². The fourth-order valence-corrected chi connectivity index (χ4v) is 6.21. The van der Waals surface area contributed by atoms with Gasteiger partial charge in [0.05, 0.1) is 5.38 Å². The van der Waals surface area contributed by atoms with E-state index in [0.29, 0.717) is 0 Å². The first-order valence-corrected chi connectivity index (χ1v) is 14.8. The van der Waals surface area contributed by atoms with Crippen LogP contribution in [-0.2, 0) is 13.1 Å². The van der Waals surface area contributed by atoms with E-state index in [-0.39, 0.29) is 0 Å². The molecule has 0 radical (unpaired) electrons. The average molecular weight is 491 g/mol. The fourth-order valence-electron chi connectivity index (χ4n) is 4.50. The zero-order valence-electron chi connectivity index (χ0n) is 20.3. The molecule has 178 valence electrons. The molecule has 0 aliphatic rings. The number of aryl methyl sites for hydroxylation is 2. The minimum Gasteiger partial charge on any atom is -0.195 e. The van der Waals surface area contributed by atoms with E-state index in [9.17, 15) is 0 Å². The molecule has 4 aromatic rings. The summed E-state index contributed by atoms with van der Waals surface area (Å²) in [5, 5.41) is 2.27. The van der Waals surface area contributed by atoms with Gasteiger partial charge in [-0.25, -0.2) is 0 Å². The lowest BCUT2D eigenvalue weighted by atomic mass is 10.1. The van der Waals surface area contributed by atoms with Gasteiger partial charge in [-0.15, -0.1) is 0 Å². The molecule has 0 fully saturated rings. The van der Waals surface area contributed by atoms with E-state index in [2.05, 4.69) is 92.4 Å². The predicted octanol–water partition coefficient (Wildman–Crippen LogP) is 8.32. The standard InChI is InChI=1S/C30H38N2S2/c1(3-5-7-15-21-31-23-30(34-25-31)28-19-13-10-14-20-28)2-4-6-8-16-22-32-26-33-24-29(32)27-17-11-9-12-18-27/h9-14,17-20,23-26H,1-8,15-16,21-22H2/q+2. The normalized spacial score (nSPS) is 11.2. The molecule has 2 nitrogen and oxygen atoms in total. The Hall–Kier alpha value is -2.30. The van der Waals surface area contributed by atoms with Crippen molar-refractivity contribution in [2.45, 2.75) is 77.3 Å². The Balaban J connectivity index is 0.988. The van der Waals surface area contributed by atoms with Gasteiger partial charge in [0.1, 0.15) is 18.0 Å². The maximum absolute atomic E-state index is 2.43. The Morgan fingerprint density at radius 1 is 0.559 bits per heavy atom. The highest BCUT2D eigenvalue weighted by Gasteiger charge is 2.13. The van der Waals surface area contributed by atoms with Gasteiger partial charge in [-0.05, 0) is 30.5 Å². The van der Waals surface area contributed by atoms with Crippen LogP contribution in [0.2, 0.25) is 0 Å². The summed E-state index contributed by atoms with van der Waals surface area (Å²) in [5.74, 6) is 0. The second kappa shape index (κ2) is 14.2. The first kappa shape index (κ1) is 24.8. The van der Waals surface area contributed by atoms with E-state index in [0.717, 1.165) is 13.1 Å². The summed E-state index contributed by atoms with van der Waals surface area (Å²) in [5.41, 5.74) is 8.55. The molecular formula is C30H38N2S2+2. The van der Waals surface area contributed by atoms with Crippen LogP contribution in [0.1, 0.15) is 64.2 Å². The molecule has 34 heavy (non-hydrogen) atoms. The molecule has 0 spiro atoms. The van der Waals surface area contributed by atoms with Gasteiger partial charge < -0.3 is 0 Å². The van der Waals surface area contributed by atoms with Crippen molar-refractivity contribution in [3.05, 3.63) is 83.3 Å². The van der Waals surface area contributed by atoms with Crippen LogP contribution in [0.25, 0.3) is 21.7 Å². The summed E-state index contributed by atoms with van der Waals surface area (Å²) in [6, 6.07) is 21.5. The third kappa shape index (κ3) is 7.89. The van der Waals surface area contributed by atoms with Crippen molar-refractivity contribution in [3.8, 4) is 21.7 Å². The summed E-state index contributed by atoms with van der Waals surface area (Å²) < 4.78 is 4.79. The smallest absolute Gasteiger partial charge is 0.195 e. The second-order valence-electron chi connectivity index (χ2n) is 9.16. The molecule has 0 amide bonds. The molecule has 2 aromatic heterocycles. The summed E-state index contributed by atoms with van der Waals surface area (Å²) in [6.45, 7) is 2.29. The highest BCUT2D eigenvalue weighted by molar-refractivity contribution is 7.12. The molecular weight excluding hydrogens is 452 g/mol. The Bertz CT molecular complexity index is 1070. The molecule has 0 atom stereocenters. The van der Waals surface area contributed by atoms with Crippen LogP contribution in [0.3, 0.4) is 0 Å². The number of aromatic nitrogens is 2. The summed E-state index contributed by atoms with van der Waals surface area (Å²) in [4.78, 5) is 1.37. The second-order valence-corrected chi connectivity index (χ2v) is 10.8. The number of benzene rings is 2. The molecule has 0 N–H and O–H groups in total. The lowest BCUT2D eigenvalue weighted by Crippen LogP contribution is -2.33. The number of thiazole rings is 2. The zero-order chi connectivity index (χ0) is 23.3. The van der Waals surface area contributed by atoms with Crippen LogP contribution in [0.4, 0.5) is 0 Å². The fraction of sp³-hybridized carbons (Fsp3) is 0.400. The maximum Gasteiger partial charge on any atom is 0.225 e. The highest BCUT2D eigenvalue weighted by atomic mass is 32.1. The number of unbranched alkanes of at least 4 members (excludes halogenated alkanes) is 9. The van der Waals surface area contributed by atoms with Crippen molar-refractivity contribution in [2.24, 2.45) is 0 Å². The molecule has 0 saturated heterocycles. The lowest BCUT2D eigenvalue weighted by Gasteiger charge is -2.02. The number of nitrogens with zero attached hydrogens (tertiary/aromatic N) is 2. The first-order valence-electron chi connectivity index (χ1n) is 12.9. The quantitative estimate of drug-likeness (QED) is 0.117. The van der Waals surface area contributed by atoms with Gasteiger partial charge in [0, 0.05) is 18.4 Å². The van der Waals surface area contributed by atoms with Crippen molar-refractivity contribution in [2.75, 3.05) is 0 Å². The van der Waals surface area contributed by atoms with Crippen LogP contribution in [0.15, 0.2) is 83.3 Å². The summed E-state index contributed by atoms with van der Waals surface area (Å²) in [7, 11) is 0. The topological polar surface area (TPSA) is 7.76 Å². The van der Waals surface area contributed by atoms with E-state index in [1.807, 2.05) is 11.3 Å².